The molecule has 0 aromatic carbocycles. The van der Waals surface area contributed by atoms with Gasteiger partial charge in [0.05, 0.1) is 5.41 Å². The molecule has 1 amide bonds. The maximum atomic E-state index is 13.5. The predicted octanol–water partition coefficient (Wildman–Crippen LogP) is 2.58. The van der Waals surface area contributed by atoms with Gasteiger partial charge in [-0.25, -0.2) is 4.98 Å². The molecule has 5 fully saturated rings. The van der Waals surface area contributed by atoms with Crippen molar-refractivity contribution >= 4 is 27.9 Å². The van der Waals surface area contributed by atoms with Crippen molar-refractivity contribution < 1.29 is 13.2 Å². The average molecular weight is 558 g/mol. The summed E-state index contributed by atoms with van der Waals surface area (Å²) in [7, 11) is -3.42. The van der Waals surface area contributed by atoms with Gasteiger partial charge >= 0.3 is 0 Å². The van der Waals surface area contributed by atoms with Crippen LogP contribution >= 0.6 is 0 Å². The fourth-order valence-corrected chi connectivity index (χ4v) is 9.98. The van der Waals surface area contributed by atoms with Crippen molar-refractivity contribution in [3.05, 3.63) is 11.8 Å². The molecule has 0 bridgehead atoms. The van der Waals surface area contributed by atoms with Crippen molar-refractivity contribution in [1.29, 1.82) is 0 Å². The van der Waals surface area contributed by atoms with Crippen LogP contribution in [0.5, 0.6) is 0 Å². The first-order valence-corrected chi connectivity index (χ1v) is 16.6. The summed E-state index contributed by atoms with van der Waals surface area (Å²) in [6.07, 6.45) is 10.8. The molecular weight excluding hydrogens is 514 g/mol. The minimum Gasteiger partial charge on any atom is -0.351 e. The van der Waals surface area contributed by atoms with E-state index in [-0.39, 0.29) is 28.8 Å². The third-order valence-corrected chi connectivity index (χ3v) is 12.6. The Balaban J connectivity index is 0.986. The molecule has 214 valence electrons. The second-order valence-corrected chi connectivity index (χ2v) is 15.2. The minimum atomic E-state index is -3.42. The number of likely N-dealkylation sites (tertiary alicyclic amines) is 1. The van der Waals surface area contributed by atoms with Gasteiger partial charge in [-0.15, -0.1) is 0 Å². The van der Waals surface area contributed by atoms with Gasteiger partial charge in [0.25, 0.3) is 10.2 Å². The number of nitrogens with zero attached hydrogens (tertiary/aromatic N) is 6. The second-order valence-electron chi connectivity index (χ2n) is 13.2. The van der Waals surface area contributed by atoms with Gasteiger partial charge in [0.2, 0.25) is 11.9 Å². The quantitative estimate of drug-likeness (QED) is 0.574. The summed E-state index contributed by atoms with van der Waals surface area (Å²) >= 11 is 0. The molecule has 2 saturated carbocycles. The topological polar surface area (TPSA) is 102 Å². The van der Waals surface area contributed by atoms with Gasteiger partial charge in [-0.3, -0.25) is 9.69 Å². The molecule has 4 aliphatic heterocycles. The standard InChI is InChI=1S/C28H43N7O3S/c1-3-32-13-5-10-27(17-32)18-34(19-27)39(37,38)33-14-8-21(9-15-33)30-26-29-16-22-24(31-26)35(23-7-4-6-20(23)2)25(36)28(22)11-12-28/h16,20-21,23H,3-15,17-19H2,1-2H3,(H,29,30,31). The normalized spacial score (nSPS) is 31.1. The van der Waals surface area contributed by atoms with Gasteiger partial charge in [-0.05, 0) is 70.4 Å². The maximum Gasteiger partial charge on any atom is 0.282 e. The van der Waals surface area contributed by atoms with Crippen molar-refractivity contribution in [3.63, 3.8) is 0 Å². The third kappa shape index (κ3) is 4.21. The number of amides is 1. The lowest BCUT2D eigenvalue weighted by Gasteiger charge is -2.54. The van der Waals surface area contributed by atoms with Gasteiger partial charge in [-0.2, -0.15) is 22.0 Å². The van der Waals surface area contributed by atoms with E-state index in [1.54, 1.807) is 8.61 Å². The number of rotatable bonds is 6. The van der Waals surface area contributed by atoms with Crippen LogP contribution in [0.1, 0.15) is 77.2 Å². The van der Waals surface area contributed by atoms with Crippen LogP contribution in [-0.4, -0.2) is 95.7 Å². The SMILES string of the molecule is CCN1CCCC2(C1)CN(S(=O)(=O)N1CCC(Nc3ncc4c(n3)N(C3CCCC3C)C(=O)C43CC3)CC1)C2. The van der Waals surface area contributed by atoms with Gasteiger partial charge in [-0.1, -0.05) is 20.3 Å². The van der Waals surface area contributed by atoms with Gasteiger partial charge in [0.1, 0.15) is 5.82 Å². The molecule has 6 aliphatic rings. The van der Waals surface area contributed by atoms with Gasteiger partial charge in [0.15, 0.2) is 0 Å². The van der Waals surface area contributed by atoms with E-state index in [0.717, 1.165) is 76.0 Å². The molecule has 7 rings (SSSR count). The van der Waals surface area contributed by atoms with E-state index >= 15 is 0 Å². The van der Waals surface area contributed by atoms with E-state index in [4.69, 9.17) is 4.98 Å². The molecule has 2 spiro atoms. The fourth-order valence-electron chi connectivity index (χ4n) is 8.11. The molecule has 2 atom stereocenters. The Morgan fingerprint density at radius 1 is 1.00 bits per heavy atom. The van der Waals surface area contributed by atoms with Crippen LogP contribution in [0.15, 0.2) is 6.20 Å². The molecule has 11 heteroatoms. The molecule has 3 saturated heterocycles. The second kappa shape index (κ2) is 9.36. The summed E-state index contributed by atoms with van der Waals surface area (Å²) in [5, 5.41) is 3.48. The Morgan fingerprint density at radius 3 is 2.44 bits per heavy atom. The zero-order chi connectivity index (χ0) is 27.0. The summed E-state index contributed by atoms with van der Waals surface area (Å²) in [6.45, 7) is 9.95. The monoisotopic (exact) mass is 557 g/mol. The Labute approximate surface area is 232 Å². The van der Waals surface area contributed by atoms with Crippen molar-refractivity contribution in [1.82, 2.24) is 23.5 Å². The molecular formula is C28H43N7O3S. The van der Waals surface area contributed by atoms with Crippen LogP contribution < -0.4 is 10.2 Å². The van der Waals surface area contributed by atoms with E-state index in [0.29, 0.717) is 50.9 Å². The lowest BCUT2D eigenvalue weighted by molar-refractivity contribution is -0.120. The molecule has 1 N–H and O–H groups in total. The number of carbonyl (C=O) groups is 1. The Bertz CT molecular complexity index is 1240. The van der Waals surface area contributed by atoms with Crippen LogP contribution in [0.3, 0.4) is 0 Å². The number of nitrogens with one attached hydrogen (secondary N) is 1. The Morgan fingerprint density at radius 2 is 1.77 bits per heavy atom. The first-order chi connectivity index (χ1) is 18.7. The summed E-state index contributed by atoms with van der Waals surface area (Å²) in [5.41, 5.74) is 0.777. The predicted molar refractivity (Wildman–Crippen MR) is 150 cm³/mol. The van der Waals surface area contributed by atoms with Gasteiger partial charge < -0.3 is 10.2 Å². The van der Waals surface area contributed by atoms with Crippen molar-refractivity contribution in [3.8, 4) is 0 Å². The fraction of sp³-hybridized carbons (Fsp3) is 0.821. The smallest absolute Gasteiger partial charge is 0.282 e. The maximum absolute atomic E-state index is 13.5. The van der Waals surface area contributed by atoms with E-state index in [2.05, 4.69) is 29.0 Å². The van der Waals surface area contributed by atoms with Crippen LogP contribution in [-0.2, 0) is 20.4 Å². The number of aromatic nitrogens is 2. The highest BCUT2D eigenvalue weighted by Crippen LogP contribution is 2.58. The lowest BCUT2D eigenvalue weighted by atomic mass is 9.75. The van der Waals surface area contributed by atoms with Crippen LogP contribution in [0.2, 0.25) is 0 Å². The number of carbonyl (C=O) groups excluding carboxylic acids is 1. The van der Waals surface area contributed by atoms with E-state index in [1.165, 1.54) is 0 Å². The summed E-state index contributed by atoms with van der Waals surface area (Å²) in [5.74, 6) is 2.08. The van der Waals surface area contributed by atoms with Crippen molar-refractivity contribution in [2.45, 2.75) is 89.1 Å². The molecule has 2 unspecified atom stereocenters. The number of fused-ring (bicyclic) bond motifs is 2. The van der Waals surface area contributed by atoms with Crippen LogP contribution in [0, 0.1) is 11.3 Å². The Kier molecular flexibility index (Phi) is 6.26. The van der Waals surface area contributed by atoms with Gasteiger partial charge in [0, 0.05) is 62.0 Å². The third-order valence-electron chi connectivity index (χ3n) is 10.7. The number of hydrogen-bond donors (Lipinski definition) is 1. The zero-order valence-corrected chi connectivity index (χ0v) is 24.3. The number of piperidine rings is 2. The van der Waals surface area contributed by atoms with E-state index < -0.39 is 10.2 Å². The molecule has 39 heavy (non-hydrogen) atoms. The molecule has 2 aliphatic carbocycles. The summed E-state index contributed by atoms with van der Waals surface area (Å²) in [4.78, 5) is 27.5. The molecule has 10 nitrogen and oxygen atoms in total. The molecule has 0 radical (unpaired) electrons. The highest BCUT2D eigenvalue weighted by atomic mass is 32.2. The minimum absolute atomic E-state index is 0.111. The largest absolute Gasteiger partial charge is 0.351 e. The Hall–Kier alpha value is -1.82. The van der Waals surface area contributed by atoms with Crippen LogP contribution in [0.25, 0.3) is 0 Å². The highest BCUT2D eigenvalue weighted by molar-refractivity contribution is 7.86. The summed E-state index contributed by atoms with van der Waals surface area (Å²) in [6, 6.07) is 0.339. The average Bonchev–Trinajstić information content (AvgIpc) is 3.57. The lowest BCUT2D eigenvalue weighted by Crippen LogP contribution is -2.66. The van der Waals surface area contributed by atoms with E-state index in [1.807, 2.05) is 11.1 Å². The van der Waals surface area contributed by atoms with Crippen molar-refractivity contribution in [2.75, 3.05) is 56.0 Å². The first-order valence-electron chi connectivity index (χ1n) is 15.2. The van der Waals surface area contributed by atoms with Crippen LogP contribution in [0.4, 0.5) is 11.8 Å². The number of anilines is 2. The summed E-state index contributed by atoms with van der Waals surface area (Å²) < 4.78 is 30.1. The van der Waals surface area contributed by atoms with E-state index in [9.17, 15) is 13.2 Å². The van der Waals surface area contributed by atoms with Crippen molar-refractivity contribution in [2.24, 2.45) is 11.3 Å². The zero-order valence-electron chi connectivity index (χ0n) is 23.4. The molecule has 1 aromatic heterocycles. The molecule has 5 heterocycles. The number of hydrogen-bond acceptors (Lipinski definition) is 7. The molecule has 1 aromatic rings. The highest BCUT2D eigenvalue weighted by Gasteiger charge is 2.62. The first kappa shape index (κ1) is 26.1.